The van der Waals surface area contributed by atoms with Crippen molar-refractivity contribution in [2.45, 2.75) is 0 Å². The van der Waals surface area contributed by atoms with Gasteiger partial charge in [0.15, 0.2) is 5.82 Å². The molecule has 11 aromatic rings. The van der Waals surface area contributed by atoms with Gasteiger partial charge in [0.1, 0.15) is 5.82 Å². The number of aromatic nitrogens is 3. The van der Waals surface area contributed by atoms with E-state index in [9.17, 15) is 0 Å². The van der Waals surface area contributed by atoms with Gasteiger partial charge in [-0.25, -0.2) is 9.97 Å². The molecule has 0 radical (unpaired) electrons. The van der Waals surface area contributed by atoms with Gasteiger partial charge in [-0.3, -0.25) is 4.57 Å². The van der Waals surface area contributed by atoms with Crippen LogP contribution in [0.1, 0.15) is 0 Å². The molecule has 0 amide bonds. The fourth-order valence-corrected chi connectivity index (χ4v) is 9.98. The minimum absolute atomic E-state index is 0.722. The third kappa shape index (κ3) is 4.49. The smallest absolute Gasteiger partial charge is 0.163 e. The van der Waals surface area contributed by atoms with Crippen LogP contribution in [0.2, 0.25) is 0 Å². The first-order valence-electron chi connectivity index (χ1n) is 17.1. The van der Waals surface area contributed by atoms with Crippen LogP contribution < -0.4 is 0 Å². The molecule has 0 saturated heterocycles. The Morgan fingerprint density at radius 2 is 1.04 bits per heavy atom. The zero-order chi connectivity index (χ0) is 33.5. The second kappa shape index (κ2) is 11.2. The molecular formula is C46H27N3S2. The Bertz CT molecular complexity index is 3130. The zero-order valence-corrected chi connectivity index (χ0v) is 28.9. The van der Waals surface area contributed by atoms with Crippen molar-refractivity contribution in [2.75, 3.05) is 0 Å². The van der Waals surface area contributed by atoms with Crippen molar-refractivity contribution in [3.8, 4) is 39.6 Å². The lowest BCUT2D eigenvalue weighted by Gasteiger charge is -2.13. The second-order valence-corrected chi connectivity index (χ2v) is 15.1. The lowest BCUT2D eigenvalue weighted by Crippen LogP contribution is -2.02. The summed E-state index contributed by atoms with van der Waals surface area (Å²) in [6, 6.07) is 58.8. The predicted octanol–water partition coefficient (Wildman–Crippen LogP) is 13.3. The van der Waals surface area contributed by atoms with Gasteiger partial charge in [0.2, 0.25) is 0 Å². The normalized spacial score (nSPS) is 11.9. The lowest BCUT2D eigenvalue weighted by molar-refractivity contribution is 1.05. The van der Waals surface area contributed by atoms with Crippen molar-refractivity contribution in [3.63, 3.8) is 0 Å². The molecular weight excluding hydrogens is 659 g/mol. The topological polar surface area (TPSA) is 30.7 Å². The van der Waals surface area contributed by atoms with E-state index in [2.05, 4.69) is 168 Å². The molecule has 0 atom stereocenters. The van der Waals surface area contributed by atoms with Gasteiger partial charge < -0.3 is 0 Å². The van der Waals surface area contributed by atoms with E-state index in [1.165, 1.54) is 62.2 Å². The van der Waals surface area contributed by atoms with Crippen LogP contribution in [-0.4, -0.2) is 14.5 Å². The monoisotopic (exact) mass is 685 g/mol. The molecule has 7 aromatic carbocycles. The van der Waals surface area contributed by atoms with Crippen LogP contribution in [0.15, 0.2) is 164 Å². The molecule has 4 aromatic heterocycles. The van der Waals surface area contributed by atoms with Crippen molar-refractivity contribution in [1.29, 1.82) is 0 Å². The Morgan fingerprint density at radius 3 is 1.86 bits per heavy atom. The van der Waals surface area contributed by atoms with Crippen LogP contribution in [0.4, 0.5) is 0 Å². The summed E-state index contributed by atoms with van der Waals surface area (Å²) in [7, 11) is 0. The van der Waals surface area contributed by atoms with Crippen molar-refractivity contribution in [1.82, 2.24) is 14.5 Å². The first-order chi connectivity index (χ1) is 25.3. The molecule has 238 valence electrons. The Hall–Kier alpha value is -6.14. The van der Waals surface area contributed by atoms with Gasteiger partial charge >= 0.3 is 0 Å². The Labute approximate surface area is 301 Å². The molecule has 0 aliphatic heterocycles. The number of hydrogen-bond donors (Lipinski definition) is 0. The van der Waals surface area contributed by atoms with Gasteiger partial charge in [-0.1, -0.05) is 121 Å². The van der Waals surface area contributed by atoms with Crippen molar-refractivity contribution in [2.24, 2.45) is 0 Å². The standard InChI is InChI=1S/C46H27N3S2/c1-2-11-28(12-3-1)29-21-23-30(24-22-29)38-27-44(48-46(47-38)35-17-10-16-34-32-14-5-9-20-42(32)51-45(34)35)49-39-18-7-4-13-31(39)36-26-43-37(25-40(36)49)33-15-6-8-19-41(33)50-43/h1-27H. The highest BCUT2D eigenvalue weighted by atomic mass is 32.1. The van der Waals surface area contributed by atoms with E-state index >= 15 is 0 Å². The summed E-state index contributed by atoms with van der Waals surface area (Å²) in [4.78, 5) is 10.8. The maximum atomic E-state index is 5.45. The fraction of sp³-hybridized carbons (Fsp3) is 0. The highest BCUT2D eigenvalue weighted by Gasteiger charge is 2.20. The number of thiophene rings is 2. The highest BCUT2D eigenvalue weighted by molar-refractivity contribution is 7.26. The number of nitrogens with zero attached hydrogens (tertiary/aromatic N) is 3. The molecule has 0 N–H and O–H groups in total. The molecule has 0 aliphatic rings. The Kier molecular flexibility index (Phi) is 6.29. The summed E-state index contributed by atoms with van der Waals surface area (Å²) in [5.41, 5.74) is 7.63. The van der Waals surface area contributed by atoms with E-state index in [0.717, 1.165) is 39.5 Å². The third-order valence-electron chi connectivity index (χ3n) is 10.0. The summed E-state index contributed by atoms with van der Waals surface area (Å²) >= 11 is 3.67. The van der Waals surface area contributed by atoms with Crippen molar-refractivity contribution in [3.05, 3.63) is 164 Å². The second-order valence-electron chi connectivity index (χ2n) is 13.0. The molecule has 0 aliphatic carbocycles. The van der Waals surface area contributed by atoms with E-state index in [1.807, 2.05) is 22.7 Å². The highest BCUT2D eigenvalue weighted by Crippen LogP contribution is 2.42. The molecule has 0 saturated carbocycles. The molecule has 0 fully saturated rings. The average Bonchev–Trinajstić information content (AvgIpc) is 3.86. The van der Waals surface area contributed by atoms with Gasteiger partial charge in [0.25, 0.3) is 0 Å². The quantitative estimate of drug-likeness (QED) is 0.185. The number of benzene rings is 7. The van der Waals surface area contributed by atoms with Crippen LogP contribution in [-0.2, 0) is 0 Å². The lowest BCUT2D eigenvalue weighted by atomic mass is 10.0. The molecule has 0 spiro atoms. The predicted molar refractivity (Wildman–Crippen MR) is 218 cm³/mol. The van der Waals surface area contributed by atoms with E-state index in [-0.39, 0.29) is 0 Å². The summed E-state index contributed by atoms with van der Waals surface area (Å²) in [5.74, 6) is 1.57. The molecule has 11 rings (SSSR count). The number of rotatable bonds is 4. The van der Waals surface area contributed by atoms with Crippen LogP contribution in [0, 0.1) is 0 Å². The maximum Gasteiger partial charge on any atom is 0.163 e. The minimum atomic E-state index is 0.722. The number of fused-ring (bicyclic) bond motifs is 9. The number of hydrogen-bond acceptors (Lipinski definition) is 4. The summed E-state index contributed by atoms with van der Waals surface area (Å²) in [5, 5.41) is 7.50. The minimum Gasteiger partial charge on any atom is -0.294 e. The first-order valence-corrected chi connectivity index (χ1v) is 18.7. The third-order valence-corrected chi connectivity index (χ3v) is 12.4. The molecule has 0 bridgehead atoms. The molecule has 51 heavy (non-hydrogen) atoms. The summed E-state index contributed by atoms with van der Waals surface area (Å²) < 4.78 is 7.41. The van der Waals surface area contributed by atoms with Crippen LogP contribution in [0.5, 0.6) is 0 Å². The fourth-order valence-electron chi connectivity index (χ4n) is 7.64. The van der Waals surface area contributed by atoms with Gasteiger partial charge in [-0.2, -0.15) is 0 Å². The van der Waals surface area contributed by atoms with Crippen molar-refractivity contribution < 1.29 is 0 Å². The zero-order valence-electron chi connectivity index (χ0n) is 27.2. The van der Waals surface area contributed by atoms with E-state index in [0.29, 0.717) is 0 Å². The number of para-hydroxylation sites is 1. The van der Waals surface area contributed by atoms with Gasteiger partial charge in [0, 0.05) is 68.3 Å². The molecule has 0 unspecified atom stereocenters. The van der Waals surface area contributed by atoms with Gasteiger partial charge in [0.05, 0.1) is 16.7 Å². The molecule has 3 nitrogen and oxygen atoms in total. The SMILES string of the molecule is c1ccc(-c2ccc(-c3cc(-n4c5ccccc5c5cc6sc7ccccc7c6cc54)nc(-c4cccc5c4sc4ccccc45)n3)cc2)cc1. The van der Waals surface area contributed by atoms with Crippen LogP contribution in [0.25, 0.3) is 102 Å². The first kappa shape index (κ1) is 28.7. The summed E-state index contributed by atoms with van der Waals surface area (Å²) in [6.07, 6.45) is 0. The van der Waals surface area contributed by atoms with Crippen LogP contribution in [0.3, 0.4) is 0 Å². The van der Waals surface area contributed by atoms with E-state index < -0.39 is 0 Å². The largest absolute Gasteiger partial charge is 0.294 e. The molecule has 4 heterocycles. The van der Waals surface area contributed by atoms with Crippen LogP contribution >= 0.6 is 22.7 Å². The summed E-state index contributed by atoms with van der Waals surface area (Å²) in [6.45, 7) is 0. The Balaban J connectivity index is 1.20. The maximum absolute atomic E-state index is 5.45. The van der Waals surface area contributed by atoms with Crippen molar-refractivity contribution >= 4 is 84.8 Å². The Morgan fingerprint density at radius 1 is 0.392 bits per heavy atom. The average molecular weight is 686 g/mol. The molecule has 5 heteroatoms. The van der Waals surface area contributed by atoms with E-state index in [4.69, 9.17) is 9.97 Å². The van der Waals surface area contributed by atoms with Gasteiger partial charge in [-0.15, -0.1) is 22.7 Å². The van der Waals surface area contributed by atoms with E-state index in [1.54, 1.807) is 0 Å². The van der Waals surface area contributed by atoms with Gasteiger partial charge in [-0.05, 0) is 47.5 Å².